The molecule has 0 aromatic carbocycles. The van der Waals surface area contributed by atoms with Crippen molar-refractivity contribution in [1.29, 1.82) is 0 Å². The van der Waals surface area contributed by atoms with Crippen molar-refractivity contribution in [3.63, 3.8) is 0 Å². The zero-order valence-corrected chi connectivity index (χ0v) is 8.87. The largest absolute Gasteiger partial charge is 0.355 e. The predicted molar refractivity (Wildman–Crippen MR) is 60.5 cm³/mol. The Balaban J connectivity index is 0. The van der Waals surface area contributed by atoms with Gasteiger partial charge in [-0.3, -0.25) is 9.78 Å². The lowest BCUT2D eigenvalue weighted by molar-refractivity contribution is 0.0963. The molecular formula is C10H17BN2O. The van der Waals surface area contributed by atoms with E-state index in [2.05, 4.69) is 10.3 Å². The summed E-state index contributed by atoms with van der Waals surface area (Å²) in [5.41, 5.74) is 1.31. The first-order valence-electron chi connectivity index (χ1n) is 4.65. The average molecular weight is 192 g/mol. The van der Waals surface area contributed by atoms with Gasteiger partial charge in [0.15, 0.2) is 0 Å². The third-order valence-electron chi connectivity index (χ3n) is 1.51. The SMILES string of the molecule is CC.[B]Cc1cc(C(=O)NC)ccn1.[HH]. The molecule has 1 aromatic heterocycles. The number of nitrogens with one attached hydrogen (secondary N) is 1. The Labute approximate surface area is 87.8 Å². The Morgan fingerprint density at radius 2 is 2.29 bits per heavy atom. The number of hydrogen-bond acceptors (Lipinski definition) is 2. The van der Waals surface area contributed by atoms with Crippen molar-refractivity contribution in [3.8, 4) is 0 Å². The van der Waals surface area contributed by atoms with Gasteiger partial charge in [0.05, 0.1) is 7.85 Å². The lowest BCUT2D eigenvalue weighted by Gasteiger charge is -2.00. The molecule has 0 unspecified atom stereocenters. The minimum absolute atomic E-state index is 0. The number of hydrogen-bond donors (Lipinski definition) is 1. The summed E-state index contributed by atoms with van der Waals surface area (Å²) in [6, 6.07) is 3.33. The van der Waals surface area contributed by atoms with Crippen LogP contribution in [0.3, 0.4) is 0 Å². The number of aromatic nitrogens is 1. The van der Waals surface area contributed by atoms with Crippen LogP contribution in [-0.2, 0) is 6.32 Å². The summed E-state index contributed by atoms with van der Waals surface area (Å²) in [6.07, 6.45) is 1.93. The molecule has 2 radical (unpaired) electrons. The summed E-state index contributed by atoms with van der Waals surface area (Å²) in [4.78, 5) is 15.1. The molecule has 76 valence electrons. The van der Waals surface area contributed by atoms with Crippen molar-refractivity contribution in [2.45, 2.75) is 20.2 Å². The minimum Gasteiger partial charge on any atom is -0.355 e. The van der Waals surface area contributed by atoms with Crippen molar-refractivity contribution in [2.24, 2.45) is 0 Å². The van der Waals surface area contributed by atoms with Crippen molar-refractivity contribution in [1.82, 2.24) is 10.3 Å². The third-order valence-corrected chi connectivity index (χ3v) is 1.51. The number of carbonyl (C=O) groups excluding carboxylic acids is 1. The van der Waals surface area contributed by atoms with E-state index >= 15 is 0 Å². The van der Waals surface area contributed by atoms with Crippen LogP contribution in [0.2, 0.25) is 0 Å². The van der Waals surface area contributed by atoms with Crippen LogP contribution < -0.4 is 5.32 Å². The highest BCUT2D eigenvalue weighted by Crippen LogP contribution is 2.00. The number of nitrogens with zero attached hydrogens (tertiary/aromatic N) is 1. The molecule has 1 aromatic rings. The first kappa shape index (κ1) is 12.7. The molecule has 1 rings (SSSR count). The summed E-state index contributed by atoms with van der Waals surface area (Å²) >= 11 is 0. The summed E-state index contributed by atoms with van der Waals surface area (Å²) in [5.74, 6) is -0.118. The molecule has 4 heteroatoms. The van der Waals surface area contributed by atoms with E-state index in [1.54, 1.807) is 25.4 Å². The summed E-state index contributed by atoms with van der Waals surface area (Å²) in [7, 11) is 6.95. The van der Waals surface area contributed by atoms with Crippen molar-refractivity contribution in [3.05, 3.63) is 29.6 Å². The summed E-state index contributed by atoms with van der Waals surface area (Å²) in [5, 5.41) is 2.53. The molecule has 0 bridgehead atoms. The lowest BCUT2D eigenvalue weighted by atomic mass is 10.0. The Bertz CT molecular complexity index is 295. The molecule has 14 heavy (non-hydrogen) atoms. The van der Waals surface area contributed by atoms with Crippen LogP contribution in [0.25, 0.3) is 0 Å². The smallest absolute Gasteiger partial charge is 0.251 e. The maximum absolute atomic E-state index is 11.1. The van der Waals surface area contributed by atoms with Crippen LogP contribution in [0.4, 0.5) is 0 Å². The third kappa shape index (κ3) is 3.60. The highest BCUT2D eigenvalue weighted by Gasteiger charge is 2.02. The fourth-order valence-electron chi connectivity index (χ4n) is 0.875. The molecule has 1 N–H and O–H groups in total. The molecule has 0 atom stereocenters. The zero-order valence-electron chi connectivity index (χ0n) is 8.87. The number of rotatable bonds is 2. The van der Waals surface area contributed by atoms with Crippen LogP contribution in [0.15, 0.2) is 18.3 Å². The topological polar surface area (TPSA) is 42.0 Å². The predicted octanol–water partition coefficient (Wildman–Crippen LogP) is 1.38. The first-order valence-corrected chi connectivity index (χ1v) is 4.65. The molecule has 0 saturated carbocycles. The number of amides is 1. The molecule has 0 aliphatic rings. The summed E-state index contributed by atoms with van der Waals surface area (Å²) in [6.45, 7) is 4.00. The Morgan fingerprint density at radius 3 is 2.79 bits per heavy atom. The highest BCUT2D eigenvalue weighted by molar-refractivity contribution is 6.08. The second-order valence-electron chi connectivity index (χ2n) is 2.32. The van der Waals surface area contributed by atoms with E-state index in [0.717, 1.165) is 5.69 Å². The van der Waals surface area contributed by atoms with Crippen LogP contribution in [0.1, 0.15) is 31.3 Å². The highest BCUT2D eigenvalue weighted by atomic mass is 16.1. The normalized spacial score (nSPS) is 8.50. The Morgan fingerprint density at radius 1 is 1.64 bits per heavy atom. The van der Waals surface area contributed by atoms with Gasteiger partial charge in [0.2, 0.25) is 0 Å². The van der Waals surface area contributed by atoms with Crippen LogP contribution in [0, 0.1) is 0 Å². The van der Waals surface area contributed by atoms with Crippen LogP contribution in [-0.4, -0.2) is 25.8 Å². The van der Waals surface area contributed by atoms with Gasteiger partial charge in [0, 0.05) is 25.9 Å². The quantitative estimate of drug-likeness (QED) is 0.719. The van der Waals surface area contributed by atoms with Gasteiger partial charge in [-0.15, -0.1) is 0 Å². The molecular weight excluding hydrogens is 175 g/mol. The van der Waals surface area contributed by atoms with Gasteiger partial charge in [-0.25, -0.2) is 0 Å². The Kier molecular flexibility index (Phi) is 6.45. The second kappa shape index (κ2) is 7.12. The molecule has 0 spiro atoms. The standard InChI is InChI=1S/C8H9BN2O.C2H6.H2/c1-10-8(12)6-2-3-11-7(4-6)5-9;1-2;/h2-4H,5H2,1H3,(H,10,12);1-2H3;1H. The van der Waals surface area contributed by atoms with Gasteiger partial charge in [0.1, 0.15) is 0 Å². The zero-order chi connectivity index (χ0) is 11.0. The van der Waals surface area contributed by atoms with Crippen LogP contribution in [0.5, 0.6) is 0 Å². The van der Waals surface area contributed by atoms with Gasteiger partial charge in [0.25, 0.3) is 5.91 Å². The van der Waals surface area contributed by atoms with E-state index in [1.807, 2.05) is 13.8 Å². The Hall–Kier alpha value is -1.32. The van der Waals surface area contributed by atoms with E-state index in [0.29, 0.717) is 11.9 Å². The molecule has 0 aliphatic carbocycles. The molecule has 1 amide bonds. The van der Waals surface area contributed by atoms with Gasteiger partial charge < -0.3 is 5.32 Å². The average Bonchev–Trinajstić information content (AvgIpc) is 2.30. The van der Waals surface area contributed by atoms with Gasteiger partial charge in [-0.05, 0) is 18.5 Å². The van der Waals surface area contributed by atoms with Gasteiger partial charge >= 0.3 is 0 Å². The van der Waals surface area contributed by atoms with Crippen molar-refractivity contribution in [2.75, 3.05) is 7.05 Å². The fraction of sp³-hybridized carbons (Fsp3) is 0.400. The van der Waals surface area contributed by atoms with Crippen molar-refractivity contribution >= 4 is 13.8 Å². The van der Waals surface area contributed by atoms with E-state index in [9.17, 15) is 4.79 Å². The maximum atomic E-state index is 11.1. The molecule has 3 nitrogen and oxygen atoms in total. The number of carbonyl (C=O) groups is 1. The van der Waals surface area contributed by atoms with Gasteiger partial charge in [-0.2, -0.15) is 0 Å². The minimum atomic E-state index is -0.118. The monoisotopic (exact) mass is 192 g/mol. The van der Waals surface area contributed by atoms with Crippen molar-refractivity contribution < 1.29 is 6.22 Å². The molecule has 0 fully saturated rings. The molecule has 1 heterocycles. The molecule has 0 saturated heterocycles. The van der Waals surface area contributed by atoms with Gasteiger partial charge in [-0.1, -0.05) is 13.8 Å². The molecule has 0 aliphatic heterocycles. The van der Waals surface area contributed by atoms with E-state index < -0.39 is 0 Å². The van der Waals surface area contributed by atoms with E-state index in [1.165, 1.54) is 0 Å². The van der Waals surface area contributed by atoms with E-state index in [-0.39, 0.29) is 7.33 Å². The van der Waals surface area contributed by atoms with E-state index in [4.69, 9.17) is 7.85 Å². The fourth-order valence-corrected chi connectivity index (χ4v) is 0.875. The number of pyridine rings is 1. The second-order valence-corrected chi connectivity index (χ2v) is 2.32. The maximum Gasteiger partial charge on any atom is 0.251 e. The summed E-state index contributed by atoms with van der Waals surface area (Å²) < 4.78 is 0. The lowest BCUT2D eigenvalue weighted by Crippen LogP contribution is -2.18. The first-order chi connectivity index (χ1) is 6.77. The van der Waals surface area contributed by atoms with Crippen LogP contribution >= 0.6 is 0 Å².